The van der Waals surface area contributed by atoms with Crippen molar-refractivity contribution in [1.82, 2.24) is 4.98 Å². The van der Waals surface area contributed by atoms with E-state index in [4.69, 9.17) is 14.7 Å². The Kier molecular flexibility index (Phi) is 6.55. The number of nitriles is 1. The highest BCUT2D eigenvalue weighted by Gasteiger charge is 2.06. The molecule has 28 heavy (non-hydrogen) atoms. The van der Waals surface area contributed by atoms with E-state index < -0.39 is 5.97 Å². The molecule has 6 heteroatoms. The lowest BCUT2D eigenvalue weighted by Crippen LogP contribution is -2.01. The van der Waals surface area contributed by atoms with Gasteiger partial charge in [0, 0.05) is 17.0 Å². The van der Waals surface area contributed by atoms with Crippen LogP contribution in [0.3, 0.4) is 0 Å². The molecule has 0 atom stereocenters. The molecule has 3 aromatic rings. The van der Waals surface area contributed by atoms with Gasteiger partial charge >= 0.3 is 5.97 Å². The van der Waals surface area contributed by atoms with Gasteiger partial charge in [0.1, 0.15) is 23.4 Å². The number of aryl methyl sites for hydroxylation is 1. The lowest BCUT2D eigenvalue weighted by Gasteiger charge is -2.01. The molecule has 3 rings (SSSR count). The Bertz CT molecular complexity index is 1000. The number of thiazole rings is 1. The van der Waals surface area contributed by atoms with Gasteiger partial charge in [0.05, 0.1) is 5.69 Å². The fourth-order valence-corrected chi connectivity index (χ4v) is 3.16. The van der Waals surface area contributed by atoms with Crippen molar-refractivity contribution in [1.29, 1.82) is 5.26 Å². The van der Waals surface area contributed by atoms with E-state index in [9.17, 15) is 4.79 Å². The zero-order valence-corrected chi connectivity index (χ0v) is 16.1. The molecule has 0 saturated carbocycles. The van der Waals surface area contributed by atoms with Crippen LogP contribution >= 0.6 is 11.3 Å². The van der Waals surface area contributed by atoms with Gasteiger partial charge in [-0.05, 0) is 30.7 Å². The van der Waals surface area contributed by atoms with Gasteiger partial charge in [-0.1, -0.05) is 42.0 Å². The largest absolute Gasteiger partial charge is 0.479 e. The van der Waals surface area contributed by atoms with Crippen LogP contribution in [0.4, 0.5) is 0 Å². The van der Waals surface area contributed by atoms with Gasteiger partial charge in [-0.2, -0.15) is 5.26 Å². The van der Waals surface area contributed by atoms with Crippen LogP contribution in [0.1, 0.15) is 16.8 Å². The normalized spacial score (nSPS) is 10.6. The average molecular weight is 390 g/mol. The zero-order valence-electron chi connectivity index (χ0n) is 15.3. The summed E-state index contributed by atoms with van der Waals surface area (Å²) in [6.45, 7) is 2.18. The van der Waals surface area contributed by atoms with Crippen LogP contribution in [0.2, 0.25) is 0 Å². The van der Waals surface area contributed by atoms with Gasteiger partial charge in [-0.25, -0.2) is 9.78 Å². The van der Waals surface area contributed by atoms with Gasteiger partial charge < -0.3 is 9.47 Å². The van der Waals surface area contributed by atoms with E-state index in [-0.39, 0.29) is 13.2 Å². The number of ether oxygens (including phenoxy) is 2. The maximum absolute atomic E-state index is 11.9. The number of esters is 1. The minimum absolute atomic E-state index is 0.00373. The predicted octanol–water partition coefficient (Wildman–Crippen LogP) is 4.78. The summed E-state index contributed by atoms with van der Waals surface area (Å²) in [6.07, 6.45) is 3.04. The second-order valence-electron chi connectivity index (χ2n) is 5.97. The Hall–Kier alpha value is -3.43. The molecular weight excluding hydrogens is 372 g/mol. The first kappa shape index (κ1) is 19.3. The molecule has 0 spiro atoms. The molecule has 140 valence electrons. The van der Waals surface area contributed by atoms with Gasteiger partial charge in [0.2, 0.25) is 0 Å². The first-order valence-corrected chi connectivity index (χ1v) is 9.48. The van der Waals surface area contributed by atoms with Crippen molar-refractivity contribution in [3.05, 3.63) is 76.8 Å². The first-order chi connectivity index (χ1) is 13.6. The molecule has 1 heterocycles. The van der Waals surface area contributed by atoms with Gasteiger partial charge in [0.25, 0.3) is 0 Å². The van der Waals surface area contributed by atoms with Crippen LogP contribution in [0, 0.1) is 18.3 Å². The lowest BCUT2D eigenvalue weighted by molar-refractivity contribution is -0.139. The Morgan fingerprint density at radius 3 is 2.64 bits per heavy atom. The third-order valence-corrected chi connectivity index (χ3v) is 4.75. The summed E-state index contributed by atoms with van der Waals surface area (Å²) in [5, 5.41) is 11.3. The van der Waals surface area contributed by atoms with E-state index in [0.717, 1.165) is 21.8 Å². The Morgan fingerprint density at radius 2 is 1.93 bits per heavy atom. The van der Waals surface area contributed by atoms with E-state index in [0.29, 0.717) is 5.75 Å². The zero-order chi connectivity index (χ0) is 19.8. The molecule has 1 aromatic heterocycles. The number of carbonyl (C=O) groups excluding carboxylic acids is 1. The van der Waals surface area contributed by atoms with E-state index >= 15 is 0 Å². The maximum atomic E-state index is 11.9. The molecule has 2 aromatic carbocycles. The highest BCUT2D eigenvalue weighted by atomic mass is 32.1. The topological polar surface area (TPSA) is 72.2 Å². The van der Waals surface area contributed by atoms with Crippen molar-refractivity contribution >= 4 is 23.4 Å². The molecule has 0 unspecified atom stereocenters. The molecule has 0 fully saturated rings. The minimum atomic E-state index is -0.435. The van der Waals surface area contributed by atoms with Crippen LogP contribution in [0.5, 0.6) is 5.75 Å². The summed E-state index contributed by atoms with van der Waals surface area (Å²) in [6, 6.07) is 17.1. The van der Waals surface area contributed by atoms with Crippen LogP contribution in [-0.4, -0.2) is 17.6 Å². The summed E-state index contributed by atoms with van der Waals surface area (Å²) in [4.78, 5) is 16.4. The number of nitrogens with zero attached hydrogens (tertiary/aromatic N) is 2. The summed E-state index contributed by atoms with van der Waals surface area (Å²) in [7, 11) is 0. The molecule has 0 aliphatic heterocycles. The Balaban J connectivity index is 1.51. The predicted molar refractivity (Wildman–Crippen MR) is 109 cm³/mol. The molecule has 0 N–H and O–H groups in total. The molecule has 5 nitrogen and oxygen atoms in total. The average Bonchev–Trinajstić information content (AvgIpc) is 3.19. The van der Waals surface area contributed by atoms with Crippen molar-refractivity contribution in [3.63, 3.8) is 0 Å². The van der Waals surface area contributed by atoms with Gasteiger partial charge in [-0.15, -0.1) is 11.3 Å². The fourth-order valence-electron chi connectivity index (χ4n) is 2.35. The van der Waals surface area contributed by atoms with Gasteiger partial charge in [0.15, 0.2) is 6.61 Å². The van der Waals surface area contributed by atoms with E-state index in [1.807, 2.05) is 42.6 Å². The second-order valence-corrected chi connectivity index (χ2v) is 6.82. The standard InChI is InChI=1S/C22H18N2O3S/c1-16-2-7-18(8-3-16)22-24-19(15-28-22)14-27-21(25)11-6-17-4-9-20(10-5-17)26-13-12-23/h2-11,15H,13-14H2,1H3/b11-6+. The van der Waals surface area contributed by atoms with E-state index in [1.165, 1.54) is 23.0 Å². The third-order valence-electron chi connectivity index (χ3n) is 3.81. The first-order valence-electron chi connectivity index (χ1n) is 8.60. The molecule has 0 aliphatic rings. The van der Waals surface area contributed by atoms with Crippen molar-refractivity contribution in [2.75, 3.05) is 6.61 Å². The third kappa shape index (κ3) is 5.53. The Labute approximate surface area is 167 Å². The highest BCUT2D eigenvalue weighted by molar-refractivity contribution is 7.13. The number of hydrogen-bond acceptors (Lipinski definition) is 6. The summed E-state index contributed by atoms with van der Waals surface area (Å²) in [5.74, 6) is 0.170. The van der Waals surface area contributed by atoms with Crippen molar-refractivity contribution in [2.24, 2.45) is 0 Å². The van der Waals surface area contributed by atoms with E-state index in [2.05, 4.69) is 4.98 Å². The molecule has 0 amide bonds. The highest BCUT2D eigenvalue weighted by Crippen LogP contribution is 2.24. The van der Waals surface area contributed by atoms with Crippen LogP contribution in [-0.2, 0) is 16.1 Å². The van der Waals surface area contributed by atoms with Crippen molar-refractivity contribution in [3.8, 4) is 22.4 Å². The molecule has 0 aliphatic carbocycles. The fraction of sp³-hybridized carbons (Fsp3) is 0.136. The number of rotatable bonds is 7. The number of benzene rings is 2. The molecule has 0 bridgehead atoms. The van der Waals surface area contributed by atoms with Crippen LogP contribution in [0.25, 0.3) is 16.6 Å². The number of hydrogen-bond donors (Lipinski definition) is 0. The van der Waals surface area contributed by atoms with Crippen molar-refractivity contribution in [2.45, 2.75) is 13.5 Å². The molecule has 0 radical (unpaired) electrons. The lowest BCUT2D eigenvalue weighted by atomic mass is 10.2. The minimum Gasteiger partial charge on any atom is -0.479 e. The van der Waals surface area contributed by atoms with E-state index in [1.54, 1.807) is 30.3 Å². The van der Waals surface area contributed by atoms with Crippen LogP contribution in [0.15, 0.2) is 60.0 Å². The maximum Gasteiger partial charge on any atom is 0.331 e. The second kappa shape index (κ2) is 9.49. The quantitative estimate of drug-likeness (QED) is 0.429. The number of carbonyl (C=O) groups is 1. The monoisotopic (exact) mass is 390 g/mol. The Morgan fingerprint density at radius 1 is 1.18 bits per heavy atom. The molecule has 0 saturated heterocycles. The van der Waals surface area contributed by atoms with Crippen LogP contribution < -0.4 is 4.74 Å². The smallest absolute Gasteiger partial charge is 0.331 e. The summed E-state index contributed by atoms with van der Waals surface area (Å²) < 4.78 is 10.4. The van der Waals surface area contributed by atoms with Gasteiger partial charge in [-0.3, -0.25) is 0 Å². The summed E-state index contributed by atoms with van der Waals surface area (Å²) >= 11 is 1.52. The van der Waals surface area contributed by atoms with Crippen molar-refractivity contribution < 1.29 is 14.3 Å². The summed E-state index contributed by atoms with van der Waals surface area (Å²) in [5.41, 5.74) is 3.80. The number of aromatic nitrogens is 1. The SMILES string of the molecule is Cc1ccc(-c2nc(COC(=O)/C=C/c3ccc(OCC#N)cc3)cs2)cc1. The molecular formula is C22H18N2O3S.